The number of hydrogen-bond acceptors (Lipinski definition) is 4. The zero-order valence-electron chi connectivity index (χ0n) is 11.1. The largest absolute Gasteiger partial charge is 0.398 e. The Labute approximate surface area is 131 Å². The summed E-state index contributed by atoms with van der Waals surface area (Å²) < 4.78 is 28.3. The Balaban J connectivity index is 2.36. The van der Waals surface area contributed by atoms with E-state index in [0.717, 1.165) is 5.56 Å². The van der Waals surface area contributed by atoms with E-state index in [4.69, 9.17) is 5.73 Å². The highest BCUT2D eigenvalue weighted by Gasteiger charge is 2.22. The molecular formula is C13H15BrN2O2S2. The zero-order chi connectivity index (χ0) is 14.9. The molecule has 7 heteroatoms. The molecule has 1 atom stereocenters. The standard InChI is InChI=1S/C13H15BrN2O2S2/c1-8-12(15)5-11(14)6-13(8)20(17,18)16-9(2)10-3-4-19-7-10/h3-7,9,16H,15H2,1-2H3. The van der Waals surface area contributed by atoms with Crippen molar-refractivity contribution in [3.05, 3.63) is 44.6 Å². The van der Waals surface area contributed by atoms with Gasteiger partial charge in [0.2, 0.25) is 10.0 Å². The Hall–Kier alpha value is -0.890. The molecular weight excluding hydrogens is 360 g/mol. The van der Waals surface area contributed by atoms with Crippen LogP contribution >= 0.6 is 27.3 Å². The van der Waals surface area contributed by atoms with Crippen molar-refractivity contribution in [3.8, 4) is 0 Å². The van der Waals surface area contributed by atoms with E-state index in [1.807, 2.05) is 23.8 Å². The van der Waals surface area contributed by atoms with Crippen molar-refractivity contribution in [2.45, 2.75) is 24.8 Å². The predicted octanol–water partition coefficient (Wildman–Crippen LogP) is 3.44. The summed E-state index contributed by atoms with van der Waals surface area (Å²) in [6.45, 7) is 3.52. The van der Waals surface area contributed by atoms with Crippen LogP contribution in [0.25, 0.3) is 0 Å². The molecule has 0 fully saturated rings. The predicted molar refractivity (Wildman–Crippen MR) is 86.3 cm³/mol. The van der Waals surface area contributed by atoms with Crippen LogP contribution in [0.5, 0.6) is 0 Å². The lowest BCUT2D eigenvalue weighted by atomic mass is 10.2. The van der Waals surface area contributed by atoms with Gasteiger partial charge in [0.15, 0.2) is 0 Å². The van der Waals surface area contributed by atoms with E-state index in [9.17, 15) is 8.42 Å². The van der Waals surface area contributed by atoms with Gasteiger partial charge >= 0.3 is 0 Å². The van der Waals surface area contributed by atoms with E-state index in [-0.39, 0.29) is 10.9 Å². The van der Waals surface area contributed by atoms with Crippen LogP contribution in [0.2, 0.25) is 0 Å². The molecule has 1 aromatic heterocycles. The number of benzene rings is 1. The summed E-state index contributed by atoms with van der Waals surface area (Å²) in [5, 5.41) is 3.85. The lowest BCUT2D eigenvalue weighted by Crippen LogP contribution is -2.27. The fourth-order valence-corrected chi connectivity index (χ4v) is 4.75. The van der Waals surface area contributed by atoms with Gasteiger partial charge in [-0.05, 0) is 53.9 Å². The lowest BCUT2D eigenvalue weighted by molar-refractivity contribution is 0.566. The van der Waals surface area contributed by atoms with Crippen LogP contribution in [-0.4, -0.2) is 8.42 Å². The van der Waals surface area contributed by atoms with Crippen molar-refractivity contribution in [2.75, 3.05) is 5.73 Å². The second-order valence-electron chi connectivity index (χ2n) is 4.52. The number of rotatable bonds is 4. The smallest absolute Gasteiger partial charge is 0.241 e. The van der Waals surface area contributed by atoms with Gasteiger partial charge in [-0.1, -0.05) is 15.9 Å². The Kier molecular flexibility index (Phi) is 4.53. The second-order valence-corrected chi connectivity index (χ2v) is 7.90. The molecule has 0 aliphatic rings. The Morgan fingerprint density at radius 2 is 2.10 bits per heavy atom. The second kappa shape index (κ2) is 5.85. The minimum Gasteiger partial charge on any atom is -0.398 e. The van der Waals surface area contributed by atoms with Crippen molar-refractivity contribution >= 4 is 43.0 Å². The molecule has 1 aromatic carbocycles. The molecule has 0 aliphatic carbocycles. The molecule has 20 heavy (non-hydrogen) atoms. The molecule has 3 N–H and O–H groups in total. The molecule has 0 saturated heterocycles. The third-order valence-corrected chi connectivity index (χ3v) is 5.86. The minimum absolute atomic E-state index is 0.200. The topological polar surface area (TPSA) is 72.2 Å². The van der Waals surface area contributed by atoms with Crippen molar-refractivity contribution in [2.24, 2.45) is 0 Å². The Morgan fingerprint density at radius 3 is 2.70 bits per heavy atom. The van der Waals surface area contributed by atoms with Crippen molar-refractivity contribution in [3.63, 3.8) is 0 Å². The molecule has 2 aromatic rings. The van der Waals surface area contributed by atoms with Crippen LogP contribution in [0.1, 0.15) is 24.1 Å². The maximum Gasteiger partial charge on any atom is 0.241 e. The average molecular weight is 375 g/mol. The first-order valence-electron chi connectivity index (χ1n) is 5.91. The fourth-order valence-electron chi connectivity index (χ4n) is 1.84. The highest BCUT2D eigenvalue weighted by Crippen LogP contribution is 2.27. The quantitative estimate of drug-likeness (QED) is 0.805. The van der Waals surface area contributed by atoms with Crippen molar-refractivity contribution < 1.29 is 8.42 Å². The van der Waals surface area contributed by atoms with Gasteiger partial charge in [0, 0.05) is 16.2 Å². The Bertz CT molecular complexity index is 712. The number of nitrogens with two attached hydrogens (primary N) is 1. The van der Waals surface area contributed by atoms with Gasteiger partial charge < -0.3 is 5.73 Å². The van der Waals surface area contributed by atoms with E-state index in [2.05, 4.69) is 20.7 Å². The van der Waals surface area contributed by atoms with Crippen LogP contribution in [0.15, 0.2) is 38.3 Å². The summed E-state index contributed by atoms with van der Waals surface area (Å²) >= 11 is 4.81. The average Bonchev–Trinajstić information content (AvgIpc) is 2.86. The van der Waals surface area contributed by atoms with Gasteiger partial charge in [-0.15, -0.1) is 0 Å². The van der Waals surface area contributed by atoms with Gasteiger partial charge in [-0.3, -0.25) is 0 Å². The molecule has 0 radical (unpaired) electrons. The monoisotopic (exact) mass is 374 g/mol. The fraction of sp³-hybridized carbons (Fsp3) is 0.231. The van der Waals surface area contributed by atoms with Crippen LogP contribution in [0.4, 0.5) is 5.69 Å². The molecule has 1 unspecified atom stereocenters. The Morgan fingerprint density at radius 1 is 1.40 bits per heavy atom. The number of anilines is 1. The lowest BCUT2D eigenvalue weighted by Gasteiger charge is -2.16. The third kappa shape index (κ3) is 3.22. The van der Waals surface area contributed by atoms with E-state index in [1.165, 1.54) is 11.3 Å². The molecule has 4 nitrogen and oxygen atoms in total. The highest BCUT2D eigenvalue weighted by molar-refractivity contribution is 9.10. The van der Waals surface area contributed by atoms with Crippen LogP contribution in [0.3, 0.4) is 0 Å². The van der Waals surface area contributed by atoms with E-state index < -0.39 is 10.0 Å². The van der Waals surface area contributed by atoms with Gasteiger partial charge in [-0.2, -0.15) is 11.3 Å². The number of nitrogen functional groups attached to an aromatic ring is 1. The SMILES string of the molecule is Cc1c(N)cc(Br)cc1S(=O)(=O)NC(C)c1ccsc1. The minimum atomic E-state index is -3.62. The van der Waals surface area contributed by atoms with Gasteiger partial charge in [0.1, 0.15) is 0 Å². The van der Waals surface area contributed by atoms with E-state index in [0.29, 0.717) is 15.7 Å². The molecule has 0 spiro atoms. The molecule has 0 amide bonds. The normalized spacial score (nSPS) is 13.3. The summed E-state index contributed by atoms with van der Waals surface area (Å²) in [6, 6.07) is 4.87. The maximum absolute atomic E-state index is 12.5. The van der Waals surface area contributed by atoms with E-state index >= 15 is 0 Å². The van der Waals surface area contributed by atoms with Crippen LogP contribution in [0, 0.1) is 6.92 Å². The van der Waals surface area contributed by atoms with Crippen LogP contribution < -0.4 is 10.5 Å². The summed E-state index contributed by atoms with van der Waals surface area (Å²) in [5.74, 6) is 0. The summed E-state index contributed by atoms with van der Waals surface area (Å²) in [4.78, 5) is 0.200. The highest BCUT2D eigenvalue weighted by atomic mass is 79.9. The number of halogens is 1. The molecule has 0 saturated carbocycles. The molecule has 0 aliphatic heterocycles. The third-order valence-electron chi connectivity index (χ3n) is 3.03. The number of sulfonamides is 1. The van der Waals surface area contributed by atoms with Gasteiger partial charge in [0.25, 0.3) is 0 Å². The molecule has 108 valence electrons. The van der Waals surface area contributed by atoms with Crippen molar-refractivity contribution in [1.29, 1.82) is 0 Å². The van der Waals surface area contributed by atoms with Crippen molar-refractivity contribution in [1.82, 2.24) is 4.72 Å². The van der Waals surface area contributed by atoms with Gasteiger partial charge in [0.05, 0.1) is 4.90 Å². The number of nitrogens with one attached hydrogen (secondary N) is 1. The maximum atomic E-state index is 12.5. The first-order chi connectivity index (χ1) is 9.31. The number of hydrogen-bond donors (Lipinski definition) is 2. The zero-order valence-corrected chi connectivity index (χ0v) is 14.3. The molecule has 1 heterocycles. The summed E-state index contributed by atoms with van der Waals surface area (Å²) in [7, 11) is -3.62. The molecule has 2 rings (SSSR count). The van der Waals surface area contributed by atoms with Crippen LogP contribution in [-0.2, 0) is 10.0 Å². The number of thiophene rings is 1. The first kappa shape index (κ1) is 15.5. The summed E-state index contributed by atoms with van der Waals surface area (Å²) in [6.07, 6.45) is 0. The van der Waals surface area contributed by atoms with Gasteiger partial charge in [-0.25, -0.2) is 13.1 Å². The molecule has 0 bridgehead atoms. The first-order valence-corrected chi connectivity index (χ1v) is 9.13. The van der Waals surface area contributed by atoms with E-state index in [1.54, 1.807) is 19.1 Å². The summed E-state index contributed by atoms with van der Waals surface area (Å²) in [5.41, 5.74) is 7.77.